The highest BCUT2D eigenvalue weighted by Crippen LogP contribution is 2.21. The second kappa shape index (κ2) is 13.4. The third-order valence-electron chi connectivity index (χ3n) is 4.79. The van der Waals surface area contributed by atoms with E-state index < -0.39 is 17.8 Å². The summed E-state index contributed by atoms with van der Waals surface area (Å²) in [5.41, 5.74) is 7.46. The molecule has 0 saturated heterocycles. The predicted octanol–water partition coefficient (Wildman–Crippen LogP) is 3.04. The molecule has 178 valence electrons. The van der Waals surface area contributed by atoms with Crippen LogP contribution in [0.15, 0.2) is 66.8 Å². The first-order chi connectivity index (χ1) is 16.3. The number of fused-ring (bicyclic) bond motifs is 1. The number of amides is 1. The standard InChI is InChI=1S/C21H23N3O2.C4H4O4/c1-15-18(19-4-2-3-5-20(19)23-15)12-13-22-14-17-8-6-16(7-9-17)10-11-21(25)24-26;5-3(6)1-2-4(7)8/h2-11,22-23,26H,12-14H2,1H3,(H,24,25);1-2H,(H,5,6)(H,7,8)/b11-10+;2-1-. The summed E-state index contributed by atoms with van der Waals surface area (Å²) in [5.74, 6) is -3.05. The normalized spacial score (nSPS) is 10.9. The van der Waals surface area contributed by atoms with Gasteiger partial charge in [0.25, 0.3) is 5.91 Å². The number of hydroxylamine groups is 1. The molecule has 1 aromatic heterocycles. The van der Waals surface area contributed by atoms with Gasteiger partial charge in [-0.05, 0) is 48.7 Å². The Labute approximate surface area is 196 Å². The molecule has 3 aromatic rings. The summed E-state index contributed by atoms with van der Waals surface area (Å²) in [7, 11) is 0. The van der Waals surface area contributed by atoms with Gasteiger partial charge in [-0.15, -0.1) is 0 Å². The molecule has 0 radical (unpaired) electrons. The van der Waals surface area contributed by atoms with E-state index in [-0.39, 0.29) is 0 Å². The van der Waals surface area contributed by atoms with Crippen LogP contribution in [-0.2, 0) is 27.3 Å². The number of carboxylic acids is 2. The lowest BCUT2D eigenvalue weighted by Crippen LogP contribution is -2.16. The fourth-order valence-electron chi connectivity index (χ4n) is 3.20. The fraction of sp³-hybridized carbons (Fsp3) is 0.160. The Morgan fingerprint density at radius 1 is 0.941 bits per heavy atom. The van der Waals surface area contributed by atoms with E-state index in [4.69, 9.17) is 15.4 Å². The minimum absolute atomic E-state index is 0.539. The van der Waals surface area contributed by atoms with Crippen molar-refractivity contribution in [1.29, 1.82) is 0 Å². The van der Waals surface area contributed by atoms with Crippen molar-refractivity contribution in [3.8, 4) is 0 Å². The molecular formula is C25H27N3O6. The van der Waals surface area contributed by atoms with E-state index in [0.29, 0.717) is 12.2 Å². The number of carbonyl (C=O) groups is 3. The van der Waals surface area contributed by atoms with Crippen LogP contribution in [0.3, 0.4) is 0 Å². The summed E-state index contributed by atoms with van der Waals surface area (Å²) in [6.07, 6.45) is 5.04. The molecule has 1 amide bonds. The first-order valence-electron chi connectivity index (χ1n) is 10.4. The molecule has 0 aliphatic rings. The number of carboxylic acid groups (broad SMARTS) is 2. The quantitative estimate of drug-likeness (QED) is 0.123. The highest BCUT2D eigenvalue weighted by Gasteiger charge is 2.07. The lowest BCUT2D eigenvalue weighted by atomic mass is 10.1. The molecule has 34 heavy (non-hydrogen) atoms. The van der Waals surface area contributed by atoms with Gasteiger partial charge in [0, 0.05) is 41.4 Å². The molecular weight excluding hydrogens is 438 g/mol. The second-order valence-electron chi connectivity index (χ2n) is 7.26. The van der Waals surface area contributed by atoms with Gasteiger partial charge in [0.05, 0.1) is 0 Å². The molecule has 0 spiro atoms. The van der Waals surface area contributed by atoms with Gasteiger partial charge in [-0.25, -0.2) is 15.1 Å². The molecule has 0 aliphatic carbocycles. The van der Waals surface area contributed by atoms with Crippen LogP contribution in [0.25, 0.3) is 17.0 Å². The Kier molecular flexibility index (Phi) is 10.2. The van der Waals surface area contributed by atoms with Gasteiger partial charge in [-0.2, -0.15) is 0 Å². The smallest absolute Gasteiger partial charge is 0.328 e. The zero-order chi connectivity index (χ0) is 24.9. The summed E-state index contributed by atoms with van der Waals surface area (Å²) in [5, 5.41) is 28.9. The van der Waals surface area contributed by atoms with Crippen LogP contribution in [0.5, 0.6) is 0 Å². The van der Waals surface area contributed by atoms with Crippen LogP contribution >= 0.6 is 0 Å². The molecule has 0 unspecified atom stereocenters. The van der Waals surface area contributed by atoms with E-state index in [9.17, 15) is 14.4 Å². The zero-order valence-corrected chi connectivity index (χ0v) is 18.6. The van der Waals surface area contributed by atoms with Gasteiger partial charge in [0.1, 0.15) is 0 Å². The molecule has 0 bridgehead atoms. The van der Waals surface area contributed by atoms with Gasteiger partial charge < -0.3 is 20.5 Å². The molecule has 3 rings (SSSR count). The molecule has 0 saturated carbocycles. The summed E-state index contributed by atoms with van der Waals surface area (Å²) in [4.78, 5) is 33.5. The van der Waals surface area contributed by atoms with Crippen LogP contribution in [0.4, 0.5) is 0 Å². The lowest BCUT2D eigenvalue weighted by molar-refractivity contribution is -0.134. The molecule has 9 nitrogen and oxygen atoms in total. The third kappa shape index (κ3) is 8.73. The van der Waals surface area contributed by atoms with E-state index in [1.165, 1.54) is 33.8 Å². The maximum atomic E-state index is 11.0. The number of H-pyrrole nitrogens is 1. The average Bonchev–Trinajstić information content (AvgIpc) is 3.15. The lowest BCUT2D eigenvalue weighted by Gasteiger charge is -2.06. The van der Waals surface area contributed by atoms with Crippen LogP contribution in [0.1, 0.15) is 22.4 Å². The number of aromatic amines is 1. The van der Waals surface area contributed by atoms with Crippen molar-refractivity contribution in [3.63, 3.8) is 0 Å². The van der Waals surface area contributed by atoms with Crippen LogP contribution in [-0.4, -0.2) is 44.8 Å². The van der Waals surface area contributed by atoms with Gasteiger partial charge in [0.15, 0.2) is 0 Å². The highest BCUT2D eigenvalue weighted by atomic mass is 16.5. The summed E-state index contributed by atoms with van der Waals surface area (Å²) >= 11 is 0. The van der Waals surface area contributed by atoms with Crippen molar-refractivity contribution in [3.05, 3.63) is 89.1 Å². The SMILES string of the molecule is Cc1[nH]c2ccccc2c1CCNCc1ccc(/C=C/C(=O)NO)cc1.O=C(O)/C=C\C(=O)O. The minimum atomic E-state index is -1.26. The Morgan fingerprint density at radius 2 is 1.59 bits per heavy atom. The highest BCUT2D eigenvalue weighted by molar-refractivity contribution is 5.91. The molecule has 2 aromatic carbocycles. The van der Waals surface area contributed by atoms with E-state index in [1.807, 2.05) is 24.3 Å². The van der Waals surface area contributed by atoms with E-state index in [0.717, 1.165) is 25.1 Å². The molecule has 0 fully saturated rings. The number of carbonyl (C=O) groups excluding carboxylic acids is 1. The van der Waals surface area contributed by atoms with Gasteiger partial charge >= 0.3 is 11.9 Å². The van der Waals surface area contributed by atoms with Crippen molar-refractivity contribution in [2.75, 3.05) is 6.54 Å². The topological polar surface area (TPSA) is 152 Å². The monoisotopic (exact) mass is 465 g/mol. The van der Waals surface area contributed by atoms with E-state index in [1.54, 1.807) is 11.6 Å². The number of nitrogens with one attached hydrogen (secondary N) is 3. The third-order valence-corrected chi connectivity index (χ3v) is 4.79. The van der Waals surface area contributed by atoms with Crippen molar-refractivity contribution in [1.82, 2.24) is 15.8 Å². The Balaban J connectivity index is 0.000000440. The van der Waals surface area contributed by atoms with Gasteiger partial charge in [-0.3, -0.25) is 10.0 Å². The van der Waals surface area contributed by atoms with Gasteiger partial charge in [-0.1, -0.05) is 42.5 Å². The Bertz CT molecular complexity index is 1160. The Hall–Kier alpha value is -4.21. The Morgan fingerprint density at radius 3 is 2.21 bits per heavy atom. The summed E-state index contributed by atoms with van der Waals surface area (Å²) in [6.45, 7) is 3.82. The average molecular weight is 466 g/mol. The number of aliphatic carboxylic acids is 2. The zero-order valence-electron chi connectivity index (χ0n) is 18.6. The maximum Gasteiger partial charge on any atom is 0.328 e. The maximum absolute atomic E-state index is 11.0. The van der Waals surface area contributed by atoms with Crippen molar-refractivity contribution >= 4 is 34.8 Å². The number of rotatable bonds is 9. The minimum Gasteiger partial charge on any atom is -0.478 e. The molecule has 9 heteroatoms. The van der Waals surface area contributed by atoms with E-state index in [2.05, 4.69) is 41.5 Å². The number of benzene rings is 2. The van der Waals surface area contributed by atoms with Crippen LogP contribution < -0.4 is 10.8 Å². The van der Waals surface area contributed by atoms with Crippen molar-refractivity contribution in [2.24, 2.45) is 0 Å². The number of para-hydroxylation sites is 1. The predicted molar refractivity (Wildman–Crippen MR) is 128 cm³/mol. The summed E-state index contributed by atoms with van der Waals surface area (Å²) in [6, 6.07) is 16.4. The number of hydrogen-bond acceptors (Lipinski definition) is 5. The van der Waals surface area contributed by atoms with Crippen molar-refractivity contribution in [2.45, 2.75) is 19.9 Å². The van der Waals surface area contributed by atoms with Crippen molar-refractivity contribution < 1.29 is 29.8 Å². The van der Waals surface area contributed by atoms with E-state index >= 15 is 0 Å². The first-order valence-corrected chi connectivity index (χ1v) is 10.4. The molecule has 0 atom stereocenters. The number of aromatic nitrogens is 1. The molecule has 6 N–H and O–H groups in total. The molecule has 0 aliphatic heterocycles. The largest absolute Gasteiger partial charge is 0.478 e. The fourth-order valence-corrected chi connectivity index (χ4v) is 3.20. The number of hydrogen-bond donors (Lipinski definition) is 6. The second-order valence-corrected chi connectivity index (χ2v) is 7.26. The molecule has 1 heterocycles. The first kappa shape index (κ1) is 26.0. The van der Waals surface area contributed by atoms with Gasteiger partial charge in [0.2, 0.25) is 0 Å². The van der Waals surface area contributed by atoms with Crippen LogP contribution in [0.2, 0.25) is 0 Å². The van der Waals surface area contributed by atoms with Crippen LogP contribution in [0, 0.1) is 6.92 Å². The number of aryl methyl sites for hydroxylation is 1. The summed E-state index contributed by atoms with van der Waals surface area (Å²) < 4.78 is 0.